The average molecular weight is 852 g/mol. The number of imidazole rings is 1. The maximum Gasteiger partial charge on any atom is 0.332 e. The summed E-state index contributed by atoms with van der Waals surface area (Å²) < 4.78 is 47.3. The minimum absolute atomic E-state index is 0.00500. The molecule has 2 aromatic carbocycles. The SMILES string of the molecule is CC12CC(c3ccnc(C(=O)Nc4ccc(-n5c(O)c6n(c5=S)CCCC6)c(Cl)c4)c3F)CCN1C(=O)N(c1ccc(NC(=O)c3ncc(F)cc3F)cc1Cl)C2=O. The molecule has 5 aromatic rings. The summed E-state index contributed by atoms with van der Waals surface area (Å²) in [5.41, 5.74) is -0.939. The molecule has 0 spiro atoms. The first-order valence-electron chi connectivity index (χ1n) is 18.0. The molecule has 3 aliphatic rings. The van der Waals surface area contributed by atoms with Gasteiger partial charge in [-0.1, -0.05) is 23.2 Å². The fourth-order valence-corrected chi connectivity index (χ4v) is 8.84. The van der Waals surface area contributed by atoms with Crippen LogP contribution in [-0.4, -0.2) is 64.9 Å². The predicted molar refractivity (Wildman–Crippen MR) is 210 cm³/mol. The monoisotopic (exact) mass is 850 g/mol. The Balaban J connectivity index is 0.979. The second kappa shape index (κ2) is 14.9. The normalized spacial score (nSPS) is 18.9. The van der Waals surface area contributed by atoms with Gasteiger partial charge in [0, 0.05) is 36.7 Å². The number of amides is 5. The number of aromatic nitrogens is 4. The van der Waals surface area contributed by atoms with Gasteiger partial charge >= 0.3 is 6.03 Å². The molecular formula is C39H31Cl2F3N8O5S. The fraction of sp³-hybridized carbons (Fsp3) is 0.256. The molecule has 0 saturated carbocycles. The third-order valence-corrected chi connectivity index (χ3v) is 11.8. The van der Waals surface area contributed by atoms with Crippen LogP contribution in [0.25, 0.3) is 5.69 Å². The molecule has 0 radical (unpaired) electrons. The zero-order valence-electron chi connectivity index (χ0n) is 30.4. The summed E-state index contributed by atoms with van der Waals surface area (Å²) in [7, 11) is 0. The summed E-state index contributed by atoms with van der Waals surface area (Å²) in [6, 6.07) is 9.83. The van der Waals surface area contributed by atoms with E-state index in [9.17, 15) is 33.1 Å². The van der Waals surface area contributed by atoms with Crippen LogP contribution >= 0.6 is 35.4 Å². The number of aromatic hydroxyl groups is 1. The Kier molecular flexibility index (Phi) is 10.0. The van der Waals surface area contributed by atoms with Gasteiger partial charge in [0.25, 0.3) is 17.7 Å². The molecule has 19 heteroatoms. The number of carbonyl (C=O) groups excluding carboxylic acids is 4. The molecule has 0 bridgehead atoms. The maximum atomic E-state index is 16.2. The molecule has 2 unspecified atom stereocenters. The lowest BCUT2D eigenvalue weighted by Crippen LogP contribution is -2.52. The molecule has 3 N–H and O–H groups in total. The molecule has 13 nitrogen and oxygen atoms in total. The predicted octanol–water partition coefficient (Wildman–Crippen LogP) is 8.17. The highest BCUT2D eigenvalue weighted by Crippen LogP contribution is 2.46. The van der Waals surface area contributed by atoms with Crippen molar-refractivity contribution in [2.24, 2.45) is 0 Å². The van der Waals surface area contributed by atoms with Crippen LogP contribution in [0, 0.1) is 22.2 Å². The van der Waals surface area contributed by atoms with Crippen LogP contribution in [0.5, 0.6) is 5.88 Å². The van der Waals surface area contributed by atoms with E-state index in [1.807, 2.05) is 4.57 Å². The van der Waals surface area contributed by atoms with Crippen molar-refractivity contribution in [2.75, 3.05) is 22.1 Å². The number of carbonyl (C=O) groups is 4. The average Bonchev–Trinajstić information content (AvgIpc) is 3.55. The molecule has 2 fully saturated rings. The Labute approximate surface area is 343 Å². The van der Waals surface area contributed by atoms with Gasteiger partial charge in [0.05, 0.1) is 33.3 Å². The van der Waals surface area contributed by atoms with E-state index in [0.717, 1.165) is 23.4 Å². The summed E-state index contributed by atoms with van der Waals surface area (Å²) in [5.74, 6) is -6.06. The van der Waals surface area contributed by atoms with E-state index in [-0.39, 0.29) is 57.9 Å². The van der Waals surface area contributed by atoms with Gasteiger partial charge in [0.2, 0.25) is 5.88 Å². The molecule has 3 aliphatic heterocycles. The van der Waals surface area contributed by atoms with Crippen molar-refractivity contribution in [3.63, 3.8) is 0 Å². The third-order valence-electron chi connectivity index (χ3n) is 10.8. The quantitative estimate of drug-likeness (QED) is 0.110. The summed E-state index contributed by atoms with van der Waals surface area (Å²) in [5, 5.41) is 16.0. The van der Waals surface area contributed by atoms with Gasteiger partial charge in [-0.05, 0) is 105 Å². The maximum absolute atomic E-state index is 16.2. The van der Waals surface area contributed by atoms with Gasteiger partial charge in [-0.2, -0.15) is 0 Å². The van der Waals surface area contributed by atoms with Crippen LogP contribution < -0.4 is 15.5 Å². The van der Waals surface area contributed by atoms with E-state index in [1.54, 1.807) is 19.1 Å². The number of halogens is 5. The summed E-state index contributed by atoms with van der Waals surface area (Å²) in [4.78, 5) is 63.5. The molecular weight excluding hydrogens is 820 g/mol. The number of imide groups is 1. The highest BCUT2D eigenvalue weighted by Gasteiger charge is 2.58. The minimum Gasteiger partial charge on any atom is -0.493 e. The fourth-order valence-electron chi connectivity index (χ4n) is 7.92. The number of urea groups is 1. The van der Waals surface area contributed by atoms with Crippen LogP contribution in [-0.2, 0) is 17.8 Å². The summed E-state index contributed by atoms with van der Waals surface area (Å²) >= 11 is 18.7. The Hall–Kier alpha value is -5.78. The molecule has 6 heterocycles. The van der Waals surface area contributed by atoms with E-state index >= 15 is 4.39 Å². The van der Waals surface area contributed by atoms with Crippen LogP contribution in [0.4, 0.5) is 35.0 Å². The third kappa shape index (κ3) is 6.56. The van der Waals surface area contributed by atoms with E-state index < -0.39 is 64.0 Å². The van der Waals surface area contributed by atoms with Gasteiger partial charge < -0.3 is 25.2 Å². The Morgan fingerprint density at radius 1 is 0.914 bits per heavy atom. The van der Waals surface area contributed by atoms with Crippen molar-refractivity contribution in [3.8, 4) is 11.6 Å². The molecule has 5 amide bonds. The summed E-state index contributed by atoms with van der Waals surface area (Å²) in [6.45, 7) is 2.33. The molecule has 3 aromatic heterocycles. The van der Waals surface area contributed by atoms with Crippen molar-refractivity contribution < 1.29 is 37.5 Å². The smallest absolute Gasteiger partial charge is 0.332 e. The topological polar surface area (TPSA) is 155 Å². The summed E-state index contributed by atoms with van der Waals surface area (Å²) in [6.07, 6.45) is 4.79. The van der Waals surface area contributed by atoms with Crippen molar-refractivity contribution in [1.82, 2.24) is 24.0 Å². The lowest BCUT2D eigenvalue weighted by atomic mass is 9.78. The minimum atomic E-state index is -1.42. The second-order valence-corrected chi connectivity index (χ2v) is 15.5. The number of nitrogens with one attached hydrogen (secondary N) is 2. The lowest BCUT2D eigenvalue weighted by Gasteiger charge is -2.40. The van der Waals surface area contributed by atoms with Crippen molar-refractivity contribution in [1.29, 1.82) is 0 Å². The van der Waals surface area contributed by atoms with E-state index in [1.165, 1.54) is 46.0 Å². The number of hydrogen-bond acceptors (Lipinski definition) is 8. The standard InChI is InChI=1S/C39H31Cl2F3N8O5S/c1-39-17-19(10-13-50(39)37(57)52(36(39)56)28-8-6-21(16-25(28)41)47-33(53)31-26(43)14-20(42)18-46-31)23-9-11-45-32(30(23)44)34(54)48-22-5-7-27(24(40)15-22)51-35(55)29-4-2-3-12-49(29)38(51)58/h5-9,11,14-16,18-19,55H,2-4,10,12-13,17H2,1H3,(H,47,53)(H,48,54). The number of nitrogens with zero attached hydrogens (tertiary/aromatic N) is 6. The Morgan fingerprint density at radius 2 is 1.59 bits per heavy atom. The molecule has 8 rings (SSSR count). The molecule has 0 aliphatic carbocycles. The number of hydrogen-bond donors (Lipinski definition) is 3. The van der Waals surface area contributed by atoms with Gasteiger partial charge in [0.1, 0.15) is 11.4 Å². The first-order chi connectivity index (χ1) is 27.7. The number of pyridine rings is 2. The first kappa shape index (κ1) is 39.1. The number of piperidine rings is 1. The Bertz CT molecular complexity index is 2660. The number of rotatable bonds is 7. The van der Waals surface area contributed by atoms with Gasteiger partial charge in [-0.15, -0.1) is 0 Å². The molecule has 2 atom stereocenters. The zero-order chi connectivity index (χ0) is 41.2. The van der Waals surface area contributed by atoms with Crippen LogP contribution in [0.1, 0.15) is 70.8 Å². The van der Waals surface area contributed by atoms with Gasteiger partial charge in [-0.25, -0.2) is 32.8 Å². The highest BCUT2D eigenvalue weighted by molar-refractivity contribution is 7.71. The van der Waals surface area contributed by atoms with E-state index in [4.69, 9.17) is 35.4 Å². The first-order valence-corrected chi connectivity index (χ1v) is 19.2. The Morgan fingerprint density at radius 3 is 2.24 bits per heavy atom. The number of fused-ring (bicyclic) bond motifs is 2. The number of anilines is 3. The van der Waals surface area contributed by atoms with Gasteiger partial charge in [0.15, 0.2) is 27.8 Å². The second-order valence-electron chi connectivity index (χ2n) is 14.3. The zero-order valence-corrected chi connectivity index (χ0v) is 32.7. The van der Waals surface area contributed by atoms with Crippen molar-refractivity contribution >= 4 is 76.2 Å². The van der Waals surface area contributed by atoms with Crippen LogP contribution in [0.15, 0.2) is 60.9 Å². The van der Waals surface area contributed by atoms with Crippen LogP contribution in [0.3, 0.4) is 0 Å². The lowest BCUT2D eigenvalue weighted by molar-refractivity contribution is -0.125. The van der Waals surface area contributed by atoms with Gasteiger partial charge in [-0.3, -0.25) is 19.0 Å². The van der Waals surface area contributed by atoms with E-state index in [0.29, 0.717) is 35.7 Å². The number of benzene rings is 2. The van der Waals surface area contributed by atoms with Crippen molar-refractivity contribution in [2.45, 2.75) is 57.0 Å². The van der Waals surface area contributed by atoms with E-state index in [2.05, 4.69) is 20.6 Å². The van der Waals surface area contributed by atoms with Crippen molar-refractivity contribution in [3.05, 3.63) is 116 Å². The molecule has 58 heavy (non-hydrogen) atoms. The molecule has 298 valence electrons. The largest absolute Gasteiger partial charge is 0.493 e. The highest BCUT2D eigenvalue weighted by atomic mass is 35.5. The van der Waals surface area contributed by atoms with Crippen LogP contribution in [0.2, 0.25) is 10.0 Å². The molecule has 2 saturated heterocycles.